The van der Waals surface area contributed by atoms with Gasteiger partial charge in [-0.3, -0.25) is 9.59 Å². The summed E-state index contributed by atoms with van der Waals surface area (Å²) in [5, 5.41) is 9.46. The van der Waals surface area contributed by atoms with Crippen LogP contribution in [0.5, 0.6) is 0 Å². The summed E-state index contributed by atoms with van der Waals surface area (Å²) in [6, 6.07) is 7.20. The van der Waals surface area contributed by atoms with Crippen molar-refractivity contribution in [2.24, 2.45) is 5.41 Å². The molecule has 5 nitrogen and oxygen atoms in total. The predicted molar refractivity (Wildman–Crippen MR) is 80.7 cm³/mol. The molecule has 1 aromatic carbocycles. The predicted octanol–water partition coefficient (Wildman–Crippen LogP) is 1.91. The number of carboxylic acid groups (broad SMARTS) is 1. The molecule has 0 aromatic heterocycles. The molecule has 0 aliphatic carbocycles. The van der Waals surface area contributed by atoms with Crippen LogP contribution in [0, 0.1) is 5.41 Å². The Morgan fingerprint density at radius 2 is 2.00 bits per heavy atom. The molecule has 1 heterocycles. The smallest absolute Gasteiger partial charge is 0.311 e. The molecule has 0 radical (unpaired) electrons. The quantitative estimate of drug-likeness (QED) is 0.811. The standard InChI is InChI=1S/C16H22N2O3/c1-2-7-16(15(20)21)8-9-18(11-16)14(19)10-12-3-5-13(17)6-4-12/h3-6H,2,7-11,17H2,1H3,(H,20,21). The number of aliphatic carboxylic acids is 1. The molecule has 1 fully saturated rings. The monoisotopic (exact) mass is 290 g/mol. The van der Waals surface area contributed by atoms with Gasteiger partial charge in [-0.05, 0) is 30.5 Å². The number of nitrogens with zero attached hydrogens (tertiary/aromatic N) is 1. The number of anilines is 1. The van der Waals surface area contributed by atoms with E-state index in [1.807, 2.05) is 19.1 Å². The van der Waals surface area contributed by atoms with Crippen molar-refractivity contribution < 1.29 is 14.7 Å². The minimum Gasteiger partial charge on any atom is -0.481 e. The summed E-state index contributed by atoms with van der Waals surface area (Å²) in [7, 11) is 0. The van der Waals surface area contributed by atoms with Crippen LogP contribution in [0.15, 0.2) is 24.3 Å². The number of carboxylic acids is 1. The maximum absolute atomic E-state index is 12.3. The summed E-state index contributed by atoms with van der Waals surface area (Å²) < 4.78 is 0. The van der Waals surface area contributed by atoms with Crippen LogP contribution in [0.3, 0.4) is 0 Å². The Hall–Kier alpha value is -2.04. The normalized spacial score (nSPS) is 21.5. The molecule has 1 amide bonds. The van der Waals surface area contributed by atoms with Crippen molar-refractivity contribution >= 4 is 17.6 Å². The van der Waals surface area contributed by atoms with E-state index in [1.54, 1.807) is 17.0 Å². The molecule has 1 atom stereocenters. The van der Waals surface area contributed by atoms with Crippen molar-refractivity contribution in [2.75, 3.05) is 18.8 Å². The number of likely N-dealkylation sites (tertiary alicyclic amines) is 1. The van der Waals surface area contributed by atoms with E-state index in [9.17, 15) is 14.7 Å². The summed E-state index contributed by atoms with van der Waals surface area (Å²) in [4.78, 5) is 25.5. The van der Waals surface area contributed by atoms with Gasteiger partial charge in [0.05, 0.1) is 11.8 Å². The third-order valence-electron chi connectivity index (χ3n) is 4.22. The van der Waals surface area contributed by atoms with Crippen LogP contribution in [0.2, 0.25) is 0 Å². The number of hydrogen-bond donors (Lipinski definition) is 2. The molecule has 0 saturated carbocycles. The molecule has 2 rings (SSSR count). The molecule has 1 aliphatic heterocycles. The number of nitrogen functional groups attached to an aromatic ring is 1. The lowest BCUT2D eigenvalue weighted by Gasteiger charge is -2.24. The van der Waals surface area contributed by atoms with Crippen molar-refractivity contribution in [3.63, 3.8) is 0 Å². The second kappa shape index (κ2) is 6.16. The highest BCUT2D eigenvalue weighted by Gasteiger charge is 2.45. The minimum atomic E-state index is -0.785. The van der Waals surface area contributed by atoms with Gasteiger partial charge in [0.15, 0.2) is 0 Å². The first kappa shape index (κ1) is 15.4. The van der Waals surface area contributed by atoms with Gasteiger partial charge in [0.25, 0.3) is 0 Å². The van der Waals surface area contributed by atoms with Crippen molar-refractivity contribution in [2.45, 2.75) is 32.6 Å². The summed E-state index contributed by atoms with van der Waals surface area (Å²) >= 11 is 0. The second-order valence-electron chi connectivity index (χ2n) is 5.82. The van der Waals surface area contributed by atoms with Gasteiger partial charge >= 0.3 is 5.97 Å². The van der Waals surface area contributed by atoms with Crippen LogP contribution < -0.4 is 5.73 Å². The number of hydrogen-bond acceptors (Lipinski definition) is 3. The molecule has 1 aromatic rings. The highest BCUT2D eigenvalue weighted by molar-refractivity contribution is 5.82. The molecule has 1 saturated heterocycles. The maximum atomic E-state index is 12.3. The average molecular weight is 290 g/mol. The van der Waals surface area contributed by atoms with E-state index in [0.29, 0.717) is 38.0 Å². The number of benzene rings is 1. The maximum Gasteiger partial charge on any atom is 0.311 e. The first-order valence-electron chi connectivity index (χ1n) is 7.32. The number of carbonyl (C=O) groups excluding carboxylic acids is 1. The molecular formula is C16H22N2O3. The lowest BCUT2D eigenvalue weighted by Crippen LogP contribution is -2.37. The van der Waals surface area contributed by atoms with Gasteiger partial charge < -0.3 is 15.7 Å². The minimum absolute atomic E-state index is 0.0148. The van der Waals surface area contributed by atoms with E-state index in [4.69, 9.17) is 5.73 Å². The van der Waals surface area contributed by atoms with Crippen molar-refractivity contribution in [3.8, 4) is 0 Å². The number of carbonyl (C=O) groups is 2. The molecule has 1 unspecified atom stereocenters. The number of nitrogens with two attached hydrogens (primary N) is 1. The van der Waals surface area contributed by atoms with Crippen LogP contribution >= 0.6 is 0 Å². The Kier molecular flexibility index (Phi) is 4.50. The summed E-state index contributed by atoms with van der Waals surface area (Å²) in [5.41, 5.74) is 6.43. The fraction of sp³-hybridized carbons (Fsp3) is 0.500. The Morgan fingerprint density at radius 3 is 2.57 bits per heavy atom. The van der Waals surface area contributed by atoms with E-state index in [0.717, 1.165) is 12.0 Å². The van der Waals surface area contributed by atoms with Gasteiger partial charge in [-0.25, -0.2) is 0 Å². The fourth-order valence-corrected chi connectivity index (χ4v) is 2.97. The molecule has 3 N–H and O–H groups in total. The number of rotatable bonds is 5. The largest absolute Gasteiger partial charge is 0.481 e. The summed E-state index contributed by atoms with van der Waals surface area (Å²) in [6.07, 6.45) is 2.27. The van der Waals surface area contributed by atoms with E-state index >= 15 is 0 Å². The Balaban J connectivity index is 2.01. The number of amides is 1. The van der Waals surface area contributed by atoms with E-state index in [-0.39, 0.29) is 5.91 Å². The van der Waals surface area contributed by atoms with Gasteiger partial charge in [0.1, 0.15) is 0 Å². The van der Waals surface area contributed by atoms with Crippen LogP contribution in [0.25, 0.3) is 0 Å². The molecular weight excluding hydrogens is 268 g/mol. The van der Waals surface area contributed by atoms with Crippen LogP contribution in [0.4, 0.5) is 5.69 Å². The Labute approximate surface area is 124 Å². The lowest BCUT2D eigenvalue weighted by molar-refractivity contribution is -0.149. The first-order chi connectivity index (χ1) is 9.97. The third-order valence-corrected chi connectivity index (χ3v) is 4.22. The zero-order valence-electron chi connectivity index (χ0n) is 12.3. The van der Waals surface area contributed by atoms with Crippen LogP contribution in [0.1, 0.15) is 31.7 Å². The van der Waals surface area contributed by atoms with Crippen molar-refractivity contribution in [1.82, 2.24) is 4.90 Å². The molecule has 0 bridgehead atoms. The van der Waals surface area contributed by atoms with E-state index < -0.39 is 11.4 Å². The van der Waals surface area contributed by atoms with E-state index in [2.05, 4.69) is 0 Å². The van der Waals surface area contributed by atoms with Gasteiger partial charge in [-0.1, -0.05) is 25.5 Å². The second-order valence-corrected chi connectivity index (χ2v) is 5.82. The van der Waals surface area contributed by atoms with E-state index in [1.165, 1.54) is 0 Å². The molecule has 0 spiro atoms. The first-order valence-corrected chi connectivity index (χ1v) is 7.32. The fourth-order valence-electron chi connectivity index (χ4n) is 2.97. The SMILES string of the molecule is CCCC1(C(=O)O)CCN(C(=O)Cc2ccc(N)cc2)C1. The van der Waals surface area contributed by atoms with Crippen LogP contribution in [-0.4, -0.2) is 35.0 Å². The Morgan fingerprint density at radius 1 is 1.33 bits per heavy atom. The molecule has 5 heteroatoms. The third kappa shape index (κ3) is 3.35. The van der Waals surface area contributed by atoms with Gasteiger partial charge in [0, 0.05) is 18.8 Å². The zero-order valence-corrected chi connectivity index (χ0v) is 12.3. The average Bonchev–Trinajstić information content (AvgIpc) is 2.88. The van der Waals surface area contributed by atoms with Gasteiger partial charge in [-0.15, -0.1) is 0 Å². The molecule has 114 valence electrons. The van der Waals surface area contributed by atoms with Gasteiger partial charge in [-0.2, -0.15) is 0 Å². The molecule has 21 heavy (non-hydrogen) atoms. The highest BCUT2D eigenvalue weighted by Crippen LogP contribution is 2.35. The van der Waals surface area contributed by atoms with Crippen molar-refractivity contribution in [3.05, 3.63) is 29.8 Å². The lowest BCUT2D eigenvalue weighted by atomic mass is 9.83. The summed E-state index contributed by atoms with van der Waals surface area (Å²) in [6.45, 7) is 2.83. The van der Waals surface area contributed by atoms with Crippen LogP contribution in [-0.2, 0) is 16.0 Å². The summed E-state index contributed by atoms with van der Waals surface area (Å²) in [5.74, 6) is -0.800. The molecule has 1 aliphatic rings. The van der Waals surface area contributed by atoms with Gasteiger partial charge in [0.2, 0.25) is 5.91 Å². The highest BCUT2D eigenvalue weighted by atomic mass is 16.4. The van der Waals surface area contributed by atoms with Crippen molar-refractivity contribution in [1.29, 1.82) is 0 Å². The zero-order chi connectivity index (χ0) is 15.5. The topological polar surface area (TPSA) is 83.6 Å². The Bertz CT molecular complexity index is 527.